The second kappa shape index (κ2) is 60.8. The topological polar surface area (TPSA) is 461 Å². The van der Waals surface area contributed by atoms with Crippen molar-refractivity contribution in [1.82, 2.24) is 22.1 Å². The quantitative estimate of drug-likeness (QED) is 0.0563. The summed E-state index contributed by atoms with van der Waals surface area (Å²) in [5.74, 6) is -7.68. The molecule has 0 saturated carbocycles. The molecule has 24 nitrogen and oxygen atoms in total. The minimum atomic E-state index is -1.23. The van der Waals surface area contributed by atoms with Crippen LogP contribution in [0.2, 0.25) is 0 Å². The first-order valence-electron chi connectivity index (χ1n) is 14.0. The average molecular weight is 905 g/mol. The van der Waals surface area contributed by atoms with Crippen molar-refractivity contribution >= 4 is 95.4 Å². The summed E-state index contributed by atoms with van der Waals surface area (Å²) in [6.07, 6.45) is 5.08. The molecule has 0 fully saturated rings. The Morgan fingerprint density at radius 3 is 0.679 bits per heavy atom. The van der Waals surface area contributed by atoms with Gasteiger partial charge in [-0.15, -0.1) is 13.2 Å². The minimum absolute atomic E-state index is 0. The molecule has 0 spiro atoms. The third-order valence-electron chi connectivity index (χ3n) is 2.99. The van der Waals surface area contributed by atoms with Crippen molar-refractivity contribution in [3.8, 4) is 0 Å². The number of thiol groups is 2. The molecular formula is C28H64N4O20S4. The molecular weight excluding hydrogens is 841 g/mol. The van der Waals surface area contributed by atoms with Crippen molar-refractivity contribution in [2.24, 2.45) is 0 Å². The third kappa shape index (κ3) is 190. The lowest BCUT2D eigenvalue weighted by molar-refractivity contribution is -0.145. The molecule has 28 heteroatoms. The van der Waals surface area contributed by atoms with Gasteiger partial charge in [0.1, 0.15) is 0 Å². The summed E-state index contributed by atoms with van der Waals surface area (Å²) in [6, 6.07) is 0. The molecule has 0 unspecified atom stereocenters. The molecule has 340 valence electrons. The monoisotopic (exact) mass is 904 g/mol. The van der Waals surface area contributed by atoms with Gasteiger partial charge in [-0.05, 0) is 0 Å². The summed E-state index contributed by atoms with van der Waals surface area (Å²) in [5.41, 5.74) is 0. The van der Waals surface area contributed by atoms with Crippen molar-refractivity contribution < 1.29 is 98.5 Å². The lowest BCUT2D eigenvalue weighted by Gasteiger charge is -2.23. The first kappa shape index (κ1) is 80.9. The molecule has 16 N–H and O–H groups in total. The molecule has 0 rings (SSSR count). The van der Waals surface area contributed by atoms with Crippen LogP contribution in [0.3, 0.4) is 0 Å². The Labute approximate surface area is 343 Å². The van der Waals surface area contributed by atoms with Crippen LogP contribution in [0.4, 0.5) is 0 Å². The number of aliphatic hydroxyl groups excluding tert-OH is 2. The van der Waals surface area contributed by atoms with Crippen LogP contribution in [0.1, 0.15) is 27.7 Å². The number of aliphatic hydroxyl groups is 2. The SMILES string of the molecule is C=C.CC(=O)O.CC(=O)O.CC(=O)O.CC(=O)O.C[S+](C)[O-].C[S+](C)[O-].N.N.O=C(O)CN(CCN(CC(=O)O)CC(=O)O)CC(=O)O.O[C@H](CS)[C@H](O)CS. The number of nitrogens with zero attached hydrogens (tertiary/aromatic N) is 2. The molecule has 2 atom stereocenters. The van der Waals surface area contributed by atoms with Crippen molar-refractivity contribution in [2.75, 3.05) is 75.8 Å². The van der Waals surface area contributed by atoms with Gasteiger partial charge >= 0.3 is 23.9 Å². The van der Waals surface area contributed by atoms with E-state index < -0.39 is 108 Å². The van der Waals surface area contributed by atoms with E-state index in [1.165, 1.54) is 0 Å². The number of aliphatic carboxylic acids is 8. The Kier molecular flexibility index (Phi) is 87.9. The smallest absolute Gasteiger partial charge is 0.317 e. The molecule has 0 saturated heterocycles. The second-order valence-electron chi connectivity index (χ2n) is 9.06. The van der Waals surface area contributed by atoms with Crippen LogP contribution in [-0.2, 0) is 60.7 Å². The number of hydrogen-bond acceptors (Lipinski definition) is 18. The summed E-state index contributed by atoms with van der Waals surface area (Å²) in [4.78, 5) is 80.4. The highest BCUT2D eigenvalue weighted by atomic mass is 32.2. The standard InChI is InChI=1S/C10H16N2O8.C4H10O2S2.4C2H4O2.2C2H6OS.C2H4.2H3N/c13-7(14)3-11(4-8(15)16)1-2-12(5-9(17)18)6-10(19)20;5-3(1-7)4(6)2-8;4*1-2(3)4;2*1-4(2)3;1-2;;/h1-6H2,(H,13,14)(H,15,16)(H,17,18)(H,19,20);3-8H,1-2H2;4*1H3,(H,3,4);2*1-2H3;1-2H2;2*1H3/t;3-,4-;;;;;;;;;/m.1........./s1. The summed E-state index contributed by atoms with van der Waals surface area (Å²) in [6.45, 7) is 8.08. The second-order valence-corrected chi connectivity index (χ2v) is 12.8. The van der Waals surface area contributed by atoms with E-state index in [-0.39, 0.29) is 36.9 Å². The molecule has 0 amide bonds. The first-order chi connectivity index (χ1) is 24.3. The molecule has 0 aromatic heterocycles. The molecule has 0 radical (unpaired) electrons. The van der Waals surface area contributed by atoms with Crippen LogP contribution in [0.25, 0.3) is 0 Å². The Balaban J connectivity index is -0.0000000519. The highest BCUT2D eigenvalue weighted by Gasteiger charge is 2.18. The highest BCUT2D eigenvalue weighted by Crippen LogP contribution is 1.97. The van der Waals surface area contributed by atoms with Gasteiger partial charge in [-0.25, -0.2) is 0 Å². The Hall–Kier alpha value is -3.42. The number of hydrogen-bond donors (Lipinski definition) is 14. The zero-order valence-corrected chi connectivity index (χ0v) is 36.2. The van der Waals surface area contributed by atoms with E-state index >= 15 is 0 Å². The molecule has 0 aliphatic heterocycles. The molecule has 0 heterocycles. The van der Waals surface area contributed by atoms with Crippen molar-refractivity contribution in [3.63, 3.8) is 0 Å². The maximum absolute atomic E-state index is 10.6. The van der Waals surface area contributed by atoms with Crippen LogP contribution in [0, 0.1) is 0 Å². The summed E-state index contributed by atoms with van der Waals surface area (Å²) in [5, 5.41) is 81.6. The normalized spacial score (nSPS) is 9.54. The predicted octanol–water partition coefficient (Wildman–Crippen LogP) is -1.02. The zero-order valence-electron chi connectivity index (χ0n) is 32.8. The first-order valence-corrected chi connectivity index (χ1v) is 19.2. The fourth-order valence-electron chi connectivity index (χ4n) is 1.72. The van der Waals surface area contributed by atoms with Gasteiger partial charge in [0.15, 0.2) is 0 Å². The maximum Gasteiger partial charge on any atom is 0.317 e. The van der Waals surface area contributed by atoms with Gasteiger partial charge in [0, 0.05) is 52.3 Å². The van der Waals surface area contributed by atoms with Crippen molar-refractivity contribution in [2.45, 2.75) is 39.9 Å². The number of carboxylic acid groups (broad SMARTS) is 8. The molecule has 0 aliphatic rings. The van der Waals surface area contributed by atoms with Gasteiger partial charge in [0.05, 0.1) is 63.4 Å². The van der Waals surface area contributed by atoms with Crippen LogP contribution >= 0.6 is 25.3 Å². The van der Waals surface area contributed by atoms with Gasteiger partial charge in [-0.1, -0.05) is 22.4 Å². The Bertz CT molecular complexity index is 835. The summed E-state index contributed by atoms with van der Waals surface area (Å²) < 4.78 is 19.1. The number of rotatable bonds is 14. The van der Waals surface area contributed by atoms with Crippen LogP contribution in [0.15, 0.2) is 13.2 Å². The molecule has 56 heavy (non-hydrogen) atoms. The largest absolute Gasteiger partial charge is 0.617 e. The van der Waals surface area contributed by atoms with E-state index in [0.717, 1.165) is 37.5 Å². The van der Waals surface area contributed by atoms with E-state index in [1.54, 1.807) is 25.0 Å². The summed E-state index contributed by atoms with van der Waals surface area (Å²) in [7, 11) is 0. The summed E-state index contributed by atoms with van der Waals surface area (Å²) >= 11 is 6.31. The van der Waals surface area contributed by atoms with Gasteiger partial charge < -0.3 is 72.5 Å². The van der Waals surface area contributed by atoms with Gasteiger partial charge in [-0.2, -0.15) is 25.3 Å². The van der Waals surface area contributed by atoms with Crippen molar-refractivity contribution in [1.29, 1.82) is 0 Å². The molecule has 0 bridgehead atoms. The molecule has 0 aliphatic carbocycles. The van der Waals surface area contributed by atoms with Crippen molar-refractivity contribution in [3.05, 3.63) is 13.2 Å². The number of carboxylic acids is 8. The molecule has 0 aromatic rings. The minimum Gasteiger partial charge on any atom is -0.617 e. The zero-order chi connectivity index (χ0) is 45.7. The van der Waals surface area contributed by atoms with E-state index in [9.17, 15) is 28.3 Å². The third-order valence-corrected chi connectivity index (χ3v) is 3.73. The van der Waals surface area contributed by atoms with E-state index in [2.05, 4.69) is 38.4 Å². The van der Waals surface area contributed by atoms with Crippen LogP contribution < -0.4 is 12.3 Å². The fourth-order valence-corrected chi connectivity index (χ4v) is 2.21. The average Bonchev–Trinajstić information content (AvgIpc) is 2.93. The van der Waals surface area contributed by atoms with Gasteiger partial charge in [-0.3, -0.25) is 48.2 Å². The Morgan fingerprint density at radius 2 is 0.607 bits per heavy atom. The lowest BCUT2D eigenvalue weighted by Crippen LogP contribution is -2.43. The van der Waals surface area contributed by atoms with Gasteiger partial charge in [0.2, 0.25) is 0 Å². The lowest BCUT2D eigenvalue weighted by atomic mass is 10.3. The van der Waals surface area contributed by atoms with Gasteiger partial charge in [0.25, 0.3) is 23.9 Å². The van der Waals surface area contributed by atoms with E-state index in [4.69, 9.17) is 70.2 Å². The fraction of sp³-hybridized carbons (Fsp3) is 0.643. The van der Waals surface area contributed by atoms with E-state index in [0.29, 0.717) is 0 Å². The molecule has 0 aromatic carbocycles. The van der Waals surface area contributed by atoms with E-state index in [1.807, 2.05) is 0 Å². The Morgan fingerprint density at radius 1 is 0.500 bits per heavy atom. The van der Waals surface area contributed by atoms with Crippen LogP contribution in [-0.4, -0.2) is 206 Å². The predicted molar refractivity (Wildman–Crippen MR) is 218 cm³/mol. The highest BCUT2D eigenvalue weighted by molar-refractivity contribution is 7.90. The maximum atomic E-state index is 10.6. The number of carbonyl (C=O) groups is 8. The van der Waals surface area contributed by atoms with Crippen LogP contribution in [0.5, 0.6) is 0 Å².